The molecule has 0 aliphatic heterocycles. The van der Waals surface area contributed by atoms with Crippen LogP contribution >= 0.6 is 0 Å². The molecule has 4 heteroatoms. The lowest BCUT2D eigenvalue weighted by Crippen LogP contribution is -2.43. The summed E-state index contributed by atoms with van der Waals surface area (Å²) >= 11 is 0. The quantitative estimate of drug-likeness (QED) is 0.697. The fourth-order valence-electron chi connectivity index (χ4n) is 2.01. The van der Waals surface area contributed by atoms with Crippen molar-refractivity contribution in [2.45, 2.75) is 39.2 Å². The van der Waals surface area contributed by atoms with Gasteiger partial charge in [-0.1, -0.05) is 6.92 Å². The highest BCUT2D eigenvalue weighted by molar-refractivity contribution is 5.74. The number of hydrogen-bond acceptors (Lipinski definition) is 2. The number of nitrogens with one attached hydrogen (secondary N) is 1. The normalized spacial score (nSPS) is 32.3. The molecule has 0 aromatic heterocycles. The maximum Gasteiger partial charge on any atom is 0.306 e. The van der Waals surface area contributed by atoms with Gasteiger partial charge in [-0.3, -0.25) is 9.59 Å². The zero-order chi connectivity index (χ0) is 10.7. The maximum absolute atomic E-state index is 10.9. The number of aliphatic carboxylic acids is 1. The van der Waals surface area contributed by atoms with E-state index in [1.54, 1.807) is 0 Å². The van der Waals surface area contributed by atoms with Gasteiger partial charge in [0.15, 0.2) is 0 Å². The highest BCUT2D eigenvalue weighted by Gasteiger charge is 2.31. The Morgan fingerprint density at radius 3 is 2.50 bits per heavy atom. The summed E-state index contributed by atoms with van der Waals surface area (Å²) in [5.74, 6) is -0.724. The molecule has 2 N–H and O–H groups in total. The standard InChI is InChI=1S/C10H17NO3/c1-6-3-4-8(10(13)14)5-9(6)11-7(2)12/h6,8-9H,3-5H2,1-2H3,(H,11,12)(H,13,14). The van der Waals surface area contributed by atoms with E-state index in [1.807, 2.05) is 0 Å². The topological polar surface area (TPSA) is 66.4 Å². The molecule has 0 bridgehead atoms. The number of carboxylic acids is 1. The zero-order valence-electron chi connectivity index (χ0n) is 8.62. The van der Waals surface area contributed by atoms with Gasteiger partial charge in [-0.2, -0.15) is 0 Å². The van der Waals surface area contributed by atoms with Crippen molar-refractivity contribution < 1.29 is 14.7 Å². The van der Waals surface area contributed by atoms with E-state index in [-0.39, 0.29) is 17.9 Å². The van der Waals surface area contributed by atoms with E-state index in [9.17, 15) is 9.59 Å². The largest absolute Gasteiger partial charge is 0.481 e. The third-order valence-corrected chi connectivity index (χ3v) is 2.93. The summed E-state index contributed by atoms with van der Waals surface area (Å²) in [5, 5.41) is 11.7. The summed E-state index contributed by atoms with van der Waals surface area (Å²) in [4.78, 5) is 21.7. The number of amides is 1. The fraction of sp³-hybridized carbons (Fsp3) is 0.800. The second-order valence-corrected chi connectivity index (χ2v) is 4.13. The molecule has 80 valence electrons. The van der Waals surface area contributed by atoms with Crippen molar-refractivity contribution in [3.63, 3.8) is 0 Å². The number of hydrogen-bond donors (Lipinski definition) is 2. The smallest absolute Gasteiger partial charge is 0.306 e. The minimum atomic E-state index is -0.743. The molecule has 0 heterocycles. The first-order chi connectivity index (χ1) is 6.50. The molecular weight excluding hydrogens is 182 g/mol. The number of carboxylic acid groups (broad SMARTS) is 1. The summed E-state index contributed by atoms with van der Waals surface area (Å²) in [6.45, 7) is 3.52. The van der Waals surface area contributed by atoms with Gasteiger partial charge >= 0.3 is 5.97 Å². The summed E-state index contributed by atoms with van der Waals surface area (Å²) in [5.41, 5.74) is 0. The Morgan fingerprint density at radius 1 is 1.36 bits per heavy atom. The molecule has 4 nitrogen and oxygen atoms in total. The molecule has 1 aliphatic rings. The first-order valence-electron chi connectivity index (χ1n) is 5.00. The number of carbonyl (C=O) groups excluding carboxylic acids is 1. The van der Waals surface area contributed by atoms with Crippen LogP contribution in [0.4, 0.5) is 0 Å². The predicted octanol–water partition coefficient (Wildman–Crippen LogP) is 1.01. The second-order valence-electron chi connectivity index (χ2n) is 4.13. The summed E-state index contributed by atoms with van der Waals surface area (Å²) in [7, 11) is 0. The SMILES string of the molecule is CC(=O)NC1CC(C(=O)O)CCC1C. The average Bonchev–Trinajstić information content (AvgIpc) is 2.07. The highest BCUT2D eigenvalue weighted by Crippen LogP contribution is 2.28. The first-order valence-corrected chi connectivity index (χ1v) is 5.00. The molecule has 3 atom stereocenters. The van der Waals surface area contributed by atoms with E-state index < -0.39 is 5.97 Å². The molecule has 0 saturated heterocycles. The van der Waals surface area contributed by atoms with Gasteiger partial charge in [-0.05, 0) is 25.2 Å². The summed E-state index contributed by atoms with van der Waals surface area (Å²) < 4.78 is 0. The minimum Gasteiger partial charge on any atom is -0.481 e. The lowest BCUT2D eigenvalue weighted by Gasteiger charge is -2.32. The van der Waals surface area contributed by atoms with Crippen LogP contribution in [0.5, 0.6) is 0 Å². The minimum absolute atomic E-state index is 0.0300. The molecule has 1 fully saturated rings. The van der Waals surface area contributed by atoms with Crippen LogP contribution in [0.3, 0.4) is 0 Å². The van der Waals surface area contributed by atoms with Crippen molar-refractivity contribution in [2.24, 2.45) is 11.8 Å². The monoisotopic (exact) mass is 199 g/mol. The molecule has 1 rings (SSSR count). The van der Waals surface area contributed by atoms with Crippen molar-refractivity contribution in [1.29, 1.82) is 0 Å². The van der Waals surface area contributed by atoms with Gasteiger partial charge in [0, 0.05) is 13.0 Å². The first kappa shape index (κ1) is 11.0. The Labute approximate surface area is 83.7 Å². The Kier molecular flexibility index (Phi) is 3.49. The molecule has 3 unspecified atom stereocenters. The van der Waals surface area contributed by atoms with Gasteiger partial charge in [-0.25, -0.2) is 0 Å². The molecule has 14 heavy (non-hydrogen) atoms. The zero-order valence-corrected chi connectivity index (χ0v) is 8.62. The van der Waals surface area contributed by atoms with Crippen molar-refractivity contribution in [3.8, 4) is 0 Å². The van der Waals surface area contributed by atoms with Gasteiger partial charge in [0.25, 0.3) is 0 Å². The third kappa shape index (κ3) is 2.72. The van der Waals surface area contributed by atoms with Crippen LogP contribution in [0.25, 0.3) is 0 Å². The van der Waals surface area contributed by atoms with Crippen molar-refractivity contribution in [2.75, 3.05) is 0 Å². The van der Waals surface area contributed by atoms with Crippen molar-refractivity contribution in [3.05, 3.63) is 0 Å². The third-order valence-electron chi connectivity index (χ3n) is 2.93. The molecular formula is C10H17NO3. The van der Waals surface area contributed by atoms with Gasteiger partial charge in [0.05, 0.1) is 5.92 Å². The molecule has 0 radical (unpaired) electrons. The van der Waals surface area contributed by atoms with Crippen LogP contribution in [-0.4, -0.2) is 23.0 Å². The van der Waals surface area contributed by atoms with E-state index in [4.69, 9.17) is 5.11 Å². The van der Waals surface area contributed by atoms with E-state index in [0.717, 1.165) is 12.8 Å². The van der Waals surface area contributed by atoms with Crippen LogP contribution in [0, 0.1) is 11.8 Å². The molecule has 1 saturated carbocycles. The second kappa shape index (κ2) is 4.44. The van der Waals surface area contributed by atoms with Crippen LogP contribution in [0.2, 0.25) is 0 Å². The van der Waals surface area contributed by atoms with E-state index in [1.165, 1.54) is 6.92 Å². The van der Waals surface area contributed by atoms with Crippen LogP contribution < -0.4 is 5.32 Å². The van der Waals surface area contributed by atoms with Gasteiger partial charge < -0.3 is 10.4 Å². The van der Waals surface area contributed by atoms with Gasteiger partial charge in [0.2, 0.25) is 5.91 Å². The van der Waals surface area contributed by atoms with Crippen LogP contribution in [-0.2, 0) is 9.59 Å². The van der Waals surface area contributed by atoms with E-state index in [2.05, 4.69) is 12.2 Å². The van der Waals surface area contributed by atoms with Crippen molar-refractivity contribution >= 4 is 11.9 Å². The molecule has 1 amide bonds. The Morgan fingerprint density at radius 2 is 2.00 bits per heavy atom. The van der Waals surface area contributed by atoms with E-state index in [0.29, 0.717) is 12.3 Å². The maximum atomic E-state index is 10.9. The Hall–Kier alpha value is -1.06. The van der Waals surface area contributed by atoms with E-state index >= 15 is 0 Å². The number of rotatable bonds is 2. The Bertz CT molecular complexity index is 240. The van der Waals surface area contributed by atoms with Gasteiger partial charge in [-0.15, -0.1) is 0 Å². The number of carbonyl (C=O) groups is 2. The molecule has 0 aromatic carbocycles. The fourth-order valence-corrected chi connectivity index (χ4v) is 2.01. The van der Waals surface area contributed by atoms with Crippen LogP contribution in [0.15, 0.2) is 0 Å². The molecule has 1 aliphatic carbocycles. The highest BCUT2D eigenvalue weighted by atomic mass is 16.4. The Balaban J connectivity index is 2.55. The van der Waals surface area contributed by atoms with Crippen LogP contribution in [0.1, 0.15) is 33.1 Å². The predicted molar refractivity (Wildman–Crippen MR) is 51.7 cm³/mol. The summed E-state index contributed by atoms with van der Waals surface area (Å²) in [6, 6.07) is 0.0300. The molecule has 0 spiro atoms. The molecule has 0 aromatic rings. The lowest BCUT2D eigenvalue weighted by molar-refractivity contribution is -0.143. The summed E-state index contributed by atoms with van der Waals surface area (Å²) in [6.07, 6.45) is 2.17. The average molecular weight is 199 g/mol. The lowest BCUT2D eigenvalue weighted by atomic mass is 9.79. The van der Waals surface area contributed by atoms with Crippen molar-refractivity contribution in [1.82, 2.24) is 5.32 Å². The van der Waals surface area contributed by atoms with Gasteiger partial charge in [0.1, 0.15) is 0 Å².